The Labute approximate surface area is 170 Å². The molecule has 0 radical (unpaired) electrons. The third-order valence-electron chi connectivity index (χ3n) is 6.25. The second-order valence-corrected chi connectivity index (χ2v) is 7.96. The summed E-state index contributed by atoms with van der Waals surface area (Å²) in [4.78, 5) is 3.72. The number of H-pyrrole nitrogens is 1. The average Bonchev–Trinajstić information content (AvgIpc) is 3.23. The van der Waals surface area contributed by atoms with E-state index in [0.29, 0.717) is 12.0 Å². The van der Waals surface area contributed by atoms with Gasteiger partial charge in [-0.05, 0) is 51.9 Å². The van der Waals surface area contributed by atoms with Crippen LogP contribution in [-0.2, 0) is 0 Å². The molecule has 1 aromatic heterocycles. The van der Waals surface area contributed by atoms with Gasteiger partial charge >= 0.3 is 0 Å². The second kappa shape index (κ2) is 6.52. The Hall–Kier alpha value is -3.52. The maximum atomic E-state index is 3.83. The number of benzene rings is 4. The molecule has 2 atom stereocenters. The molecule has 0 saturated carbocycles. The minimum atomic E-state index is 0.293. The molecule has 2 N–H and O–H groups in total. The summed E-state index contributed by atoms with van der Waals surface area (Å²) in [5, 5.41) is 7.74. The summed E-state index contributed by atoms with van der Waals surface area (Å²) in [5.41, 5.74) is 6.49. The van der Waals surface area contributed by atoms with E-state index < -0.39 is 0 Å². The largest absolute Gasteiger partial charge is 0.378 e. The van der Waals surface area contributed by atoms with Crippen LogP contribution in [0.2, 0.25) is 0 Å². The van der Waals surface area contributed by atoms with E-state index in [0.717, 1.165) is 6.42 Å². The smallest absolute Gasteiger partial charge is 0.0523 e. The number of hydrogen-bond acceptors (Lipinski definition) is 1. The molecule has 0 saturated heterocycles. The zero-order valence-corrected chi connectivity index (χ0v) is 16.1. The summed E-state index contributed by atoms with van der Waals surface area (Å²) in [5.74, 6) is 0.315. The summed E-state index contributed by atoms with van der Waals surface area (Å²) in [6.07, 6.45) is 1.03. The van der Waals surface area contributed by atoms with Crippen LogP contribution >= 0.6 is 0 Å². The predicted octanol–water partition coefficient (Wildman–Crippen LogP) is 7.01. The first-order chi connectivity index (χ1) is 14.4. The summed E-state index contributed by atoms with van der Waals surface area (Å²) >= 11 is 0. The molecular formula is C27H22N2. The lowest BCUT2D eigenvalue weighted by Gasteiger charge is -2.34. The summed E-state index contributed by atoms with van der Waals surface area (Å²) in [7, 11) is 0. The number of rotatable bonds is 2. The van der Waals surface area contributed by atoms with Crippen molar-refractivity contribution in [3.8, 4) is 0 Å². The number of aromatic nitrogens is 1. The van der Waals surface area contributed by atoms with Gasteiger partial charge in [-0.3, -0.25) is 0 Å². The van der Waals surface area contributed by atoms with Crippen LogP contribution in [0.3, 0.4) is 0 Å². The van der Waals surface area contributed by atoms with E-state index in [-0.39, 0.29) is 0 Å². The van der Waals surface area contributed by atoms with E-state index in [9.17, 15) is 0 Å². The first-order valence-electron chi connectivity index (χ1n) is 10.3. The first-order valence-corrected chi connectivity index (χ1v) is 10.3. The molecule has 1 aliphatic heterocycles. The highest BCUT2D eigenvalue weighted by atomic mass is 14.9. The van der Waals surface area contributed by atoms with Gasteiger partial charge in [-0.1, -0.05) is 78.9 Å². The molecule has 0 aliphatic carbocycles. The topological polar surface area (TPSA) is 27.8 Å². The number of hydrogen-bond donors (Lipinski definition) is 2. The molecule has 140 valence electrons. The van der Waals surface area contributed by atoms with Gasteiger partial charge in [0.1, 0.15) is 0 Å². The van der Waals surface area contributed by atoms with Crippen molar-refractivity contribution in [1.82, 2.24) is 4.98 Å². The van der Waals surface area contributed by atoms with Crippen molar-refractivity contribution < 1.29 is 0 Å². The Kier molecular flexibility index (Phi) is 3.70. The number of nitrogens with one attached hydrogen (secondary N) is 2. The van der Waals surface area contributed by atoms with E-state index in [1.54, 1.807) is 0 Å². The van der Waals surface area contributed by atoms with Gasteiger partial charge in [0, 0.05) is 22.8 Å². The molecule has 29 heavy (non-hydrogen) atoms. The molecular weight excluding hydrogens is 352 g/mol. The van der Waals surface area contributed by atoms with Crippen molar-refractivity contribution in [1.29, 1.82) is 0 Å². The van der Waals surface area contributed by atoms with Crippen LogP contribution in [-0.4, -0.2) is 4.98 Å². The van der Waals surface area contributed by atoms with Crippen molar-refractivity contribution in [3.63, 3.8) is 0 Å². The highest BCUT2D eigenvalue weighted by molar-refractivity contribution is 5.92. The Bertz CT molecular complexity index is 1280. The third-order valence-corrected chi connectivity index (χ3v) is 6.25. The molecule has 0 spiro atoms. The molecule has 0 unspecified atom stereocenters. The van der Waals surface area contributed by atoms with Gasteiger partial charge in [-0.25, -0.2) is 0 Å². The zero-order valence-electron chi connectivity index (χ0n) is 16.1. The highest BCUT2D eigenvalue weighted by Gasteiger charge is 2.31. The van der Waals surface area contributed by atoms with Gasteiger partial charge in [-0.2, -0.15) is 0 Å². The van der Waals surface area contributed by atoms with E-state index >= 15 is 0 Å². The summed E-state index contributed by atoms with van der Waals surface area (Å²) in [6, 6.07) is 35.2. The van der Waals surface area contributed by atoms with Crippen molar-refractivity contribution in [2.75, 3.05) is 5.32 Å². The fourth-order valence-corrected chi connectivity index (χ4v) is 4.87. The van der Waals surface area contributed by atoms with Crippen LogP contribution in [0.25, 0.3) is 21.7 Å². The number of aromatic amines is 1. The first kappa shape index (κ1) is 16.4. The van der Waals surface area contributed by atoms with Crippen molar-refractivity contribution >= 4 is 27.4 Å². The summed E-state index contributed by atoms with van der Waals surface area (Å²) in [6.45, 7) is 0. The second-order valence-electron chi connectivity index (χ2n) is 7.96. The maximum absolute atomic E-state index is 3.83. The third kappa shape index (κ3) is 2.72. The Balaban J connectivity index is 1.57. The van der Waals surface area contributed by atoms with E-state index in [1.807, 2.05) is 0 Å². The lowest BCUT2D eigenvalue weighted by molar-refractivity contribution is 0.599. The SMILES string of the molecule is c1ccc([C@H]2C[C@@H](c3cc4ccccc4[nH]3)c3c(ccc4ccccc34)N2)cc1. The average molecular weight is 374 g/mol. The van der Waals surface area contributed by atoms with Gasteiger partial charge in [0.15, 0.2) is 0 Å². The minimum Gasteiger partial charge on any atom is -0.378 e. The highest BCUT2D eigenvalue weighted by Crippen LogP contribution is 2.46. The van der Waals surface area contributed by atoms with Gasteiger partial charge in [0.2, 0.25) is 0 Å². The number of fused-ring (bicyclic) bond motifs is 4. The molecule has 5 aromatic rings. The van der Waals surface area contributed by atoms with Crippen LogP contribution in [0.4, 0.5) is 5.69 Å². The quantitative estimate of drug-likeness (QED) is 0.342. The Morgan fingerprint density at radius 1 is 0.690 bits per heavy atom. The molecule has 0 fully saturated rings. The fraction of sp³-hybridized carbons (Fsp3) is 0.111. The van der Waals surface area contributed by atoms with Crippen molar-refractivity contribution in [3.05, 3.63) is 114 Å². The van der Waals surface area contributed by atoms with Crippen molar-refractivity contribution in [2.24, 2.45) is 0 Å². The van der Waals surface area contributed by atoms with Crippen LogP contribution in [0, 0.1) is 0 Å². The fourth-order valence-electron chi connectivity index (χ4n) is 4.87. The molecule has 6 rings (SSSR count). The van der Waals surface area contributed by atoms with Gasteiger partial charge < -0.3 is 10.3 Å². The molecule has 0 bridgehead atoms. The molecule has 4 aromatic carbocycles. The predicted molar refractivity (Wildman–Crippen MR) is 122 cm³/mol. The molecule has 2 heteroatoms. The molecule has 2 heterocycles. The molecule has 2 nitrogen and oxygen atoms in total. The number of anilines is 1. The van der Waals surface area contributed by atoms with Gasteiger partial charge in [0.25, 0.3) is 0 Å². The van der Waals surface area contributed by atoms with Crippen molar-refractivity contribution in [2.45, 2.75) is 18.4 Å². The monoisotopic (exact) mass is 374 g/mol. The Morgan fingerprint density at radius 2 is 1.45 bits per heavy atom. The number of para-hydroxylation sites is 1. The molecule has 1 aliphatic rings. The van der Waals surface area contributed by atoms with Crippen LogP contribution < -0.4 is 5.32 Å². The van der Waals surface area contributed by atoms with Gasteiger partial charge in [0.05, 0.1) is 6.04 Å². The van der Waals surface area contributed by atoms with E-state index in [4.69, 9.17) is 0 Å². The Morgan fingerprint density at radius 3 is 2.31 bits per heavy atom. The van der Waals surface area contributed by atoms with Gasteiger partial charge in [-0.15, -0.1) is 0 Å². The van der Waals surface area contributed by atoms with E-state index in [2.05, 4.69) is 107 Å². The van der Waals surface area contributed by atoms with Crippen LogP contribution in [0.5, 0.6) is 0 Å². The lowest BCUT2D eigenvalue weighted by atomic mass is 9.80. The van der Waals surface area contributed by atoms with E-state index in [1.165, 1.54) is 44.2 Å². The lowest BCUT2D eigenvalue weighted by Crippen LogP contribution is -2.22. The minimum absolute atomic E-state index is 0.293. The normalized spacial score (nSPS) is 18.5. The molecule has 0 amide bonds. The van der Waals surface area contributed by atoms with Crippen LogP contribution in [0.1, 0.15) is 35.2 Å². The standard InChI is InChI=1S/C27H22N2/c1-2-9-19(10-3-1)25-17-22(26-16-20-11-5-7-13-23(20)28-26)27-21-12-6-4-8-18(21)14-15-24(27)29-25/h1-16,22,25,28-29H,17H2/t22-,25+/m0/s1. The zero-order chi connectivity index (χ0) is 19.2. The van der Waals surface area contributed by atoms with Crippen LogP contribution in [0.15, 0.2) is 97.1 Å². The summed E-state index contributed by atoms with van der Waals surface area (Å²) < 4.78 is 0. The maximum Gasteiger partial charge on any atom is 0.0523 e.